The third-order valence-corrected chi connectivity index (χ3v) is 8.26. The summed E-state index contributed by atoms with van der Waals surface area (Å²) < 4.78 is 41.4. The molecule has 2 rings (SSSR count). The van der Waals surface area contributed by atoms with Crippen LogP contribution in [0.5, 0.6) is 0 Å². The summed E-state index contributed by atoms with van der Waals surface area (Å²) in [4.78, 5) is -0.178. The quantitative estimate of drug-likeness (QED) is 0.0647. The number of aryl methyl sites for hydroxylation is 1. The van der Waals surface area contributed by atoms with E-state index in [1.54, 1.807) is 12.1 Å². The lowest BCUT2D eigenvalue weighted by molar-refractivity contribution is -0.935. The highest BCUT2D eigenvalue weighted by molar-refractivity contribution is 14.1. The molecular formula is C30H50INO4S. The third-order valence-electron chi connectivity index (χ3n) is 7.03. The van der Waals surface area contributed by atoms with Crippen LogP contribution in [0.3, 0.4) is 0 Å². The molecule has 1 fully saturated rings. The normalized spacial score (nSPS) is 21.5. The van der Waals surface area contributed by atoms with E-state index in [0.29, 0.717) is 12.2 Å². The van der Waals surface area contributed by atoms with Crippen molar-refractivity contribution in [1.29, 1.82) is 0 Å². The van der Waals surface area contributed by atoms with Crippen LogP contribution >= 0.6 is 22.6 Å². The maximum absolute atomic E-state index is 10.4. The predicted molar refractivity (Wildman–Crippen MR) is 162 cm³/mol. The van der Waals surface area contributed by atoms with Crippen molar-refractivity contribution in [3.05, 3.63) is 29.8 Å². The lowest BCUT2D eigenvalue weighted by atomic mass is 10.0. The summed E-state index contributed by atoms with van der Waals surface area (Å²) in [5.74, 6) is 3.35. The first-order valence-corrected chi connectivity index (χ1v) is 16.7. The standard InChI is InChI=1S/C23H43INO.C7H8O3S/c1-4-5-6-7-8-9-10-11-12-13-14-15-18-25(19-16-17-24)20-22(2)26-23(3)21-25;1-6-2-4-7(5-3-6)11(8,9)10/h22-23H,4-15,18-21H2,1-3H3;2-5H,1H3,(H,8,9,10)/q+1;/p-1. The Labute approximate surface area is 241 Å². The van der Waals surface area contributed by atoms with Gasteiger partial charge in [0.2, 0.25) is 0 Å². The number of halogens is 1. The number of quaternary nitrogens is 1. The zero-order chi connectivity index (χ0) is 27.6. The summed E-state index contributed by atoms with van der Waals surface area (Å²) in [6, 6.07) is 5.78. The number of hydrogen-bond acceptors (Lipinski definition) is 4. The highest BCUT2D eigenvalue weighted by atomic mass is 127. The molecular weight excluding hydrogens is 597 g/mol. The average molecular weight is 648 g/mol. The molecule has 1 heterocycles. The van der Waals surface area contributed by atoms with E-state index < -0.39 is 10.1 Å². The fraction of sp³-hybridized carbons (Fsp3) is 0.733. The van der Waals surface area contributed by atoms with Crippen LogP contribution in [0.4, 0.5) is 0 Å². The molecule has 0 aromatic heterocycles. The summed E-state index contributed by atoms with van der Waals surface area (Å²) >= 11 is 2.17. The maximum Gasteiger partial charge on any atom is 0.141 e. The van der Waals surface area contributed by atoms with E-state index in [4.69, 9.17) is 4.74 Å². The molecule has 0 saturated carbocycles. The molecule has 212 valence electrons. The minimum absolute atomic E-state index is 0.178. The fourth-order valence-corrected chi connectivity index (χ4v) is 5.87. The Morgan fingerprint density at radius 1 is 0.892 bits per heavy atom. The first-order valence-electron chi connectivity index (χ1n) is 14.2. The minimum atomic E-state index is -4.27. The van der Waals surface area contributed by atoms with E-state index >= 15 is 0 Å². The van der Waals surface area contributed by atoms with Crippen LogP contribution in [0.2, 0.25) is 0 Å². The monoisotopic (exact) mass is 647 g/mol. The molecule has 2 unspecified atom stereocenters. The number of hydrogen-bond donors (Lipinski definition) is 0. The number of unbranched alkanes of at least 4 members (excludes halogenated alkanes) is 11. The molecule has 1 aliphatic heterocycles. The topological polar surface area (TPSA) is 66.4 Å². The Hall–Kier alpha value is -0.660. The maximum atomic E-state index is 10.4. The molecule has 1 saturated heterocycles. The van der Waals surface area contributed by atoms with Gasteiger partial charge >= 0.3 is 0 Å². The van der Waals surface area contributed by atoms with Crippen LogP contribution in [0.1, 0.15) is 103 Å². The van der Waals surface area contributed by atoms with Gasteiger partial charge in [-0.05, 0) is 55.6 Å². The zero-order valence-electron chi connectivity index (χ0n) is 23.6. The number of morpholine rings is 1. The van der Waals surface area contributed by atoms with Gasteiger partial charge in [-0.25, -0.2) is 8.42 Å². The van der Waals surface area contributed by atoms with E-state index in [1.807, 2.05) is 6.92 Å². The Morgan fingerprint density at radius 2 is 1.35 bits per heavy atom. The predicted octanol–water partition coefficient (Wildman–Crippen LogP) is 7.61. The largest absolute Gasteiger partial charge is 0.744 e. The Morgan fingerprint density at radius 3 is 1.78 bits per heavy atom. The van der Waals surface area contributed by atoms with Crippen LogP contribution in [0.15, 0.2) is 29.2 Å². The number of ether oxygens (including phenoxy) is 1. The van der Waals surface area contributed by atoms with Crippen LogP contribution < -0.4 is 0 Å². The van der Waals surface area contributed by atoms with Crippen molar-refractivity contribution in [2.24, 2.45) is 0 Å². The van der Waals surface area contributed by atoms with Crippen LogP contribution in [-0.4, -0.2) is 55.8 Å². The van der Waals surface area contributed by atoms with Crippen LogP contribution in [-0.2, 0) is 14.9 Å². The van der Waals surface area contributed by atoms with Crippen molar-refractivity contribution in [1.82, 2.24) is 0 Å². The van der Waals surface area contributed by atoms with Gasteiger partial charge in [-0.2, -0.15) is 0 Å². The van der Waals surface area contributed by atoms with Crippen molar-refractivity contribution in [3.63, 3.8) is 0 Å². The highest BCUT2D eigenvalue weighted by Gasteiger charge is 2.36. The molecule has 0 N–H and O–H groups in total. The van der Waals surface area contributed by atoms with Gasteiger partial charge in [-0.15, -0.1) is 0 Å². The molecule has 2 atom stereocenters. The minimum Gasteiger partial charge on any atom is -0.744 e. The molecule has 1 aromatic carbocycles. The van der Waals surface area contributed by atoms with E-state index in [9.17, 15) is 13.0 Å². The van der Waals surface area contributed by atoms with Crippen LogP contribution in [0, 0.1) is 16.8 Å². The lowest BCUT2D eigenvalue weighted by Gasteiger charge is -2.45. The van der Waals surface area contributed by atoms with E-state index in [1.165, 1.54) is 95.7 Å². The van der Waals surface area contributed by atoms with E-state index in [0.717, 1.165) is 29.7 Å². The van der Waals surface area contributed by atoms with Crippen LogP contribution in [0.25, 0.3) is 0 Å². The second-order valence-electron chi connectivity index (χ2n) is 10.8. The van der Waals surface area contributed by atoms with E-state index in [-0.39, 0.29) is 4.90 Å². The summed E-state index contributed by atoms with van der Waals surface area (Å²) in [6.07, 6.45) is 17.8. The smallest absolute Gasteiger partial charge is 0.141 e. The molecule has 0 aliphatic carbocycles. The Bertz CT molecular complexity index is 882. The Balaban J connectivity index is 0.000000516. The summed E-state index contributed by atoms with van der Waals surface area (Å²) in [7, 11) is -4.27. The van der Waals surface area contributed by atoms with Gasteiger partial charge in [0.1, 0.15) is 42.0 Å². The van der Waals surface area contributed by atoms with Crippen molar-refractivity contribution in [2.45, 2.75) is 122 Å². The summed E-state index contributed by atoms with van der Waals surface area (Å²) in [5.41, 5.74) is 0.928. The fourth-order valence-electron chi connectivity index (χ4n) is 5.23. The van der Waals surface area contributed by atoms with Gasteiger partial charge in [-0.1, -0.05) is 88.8 Å². The van der Waals surface area contributed by atoms with Crippen molar-refractivity contribution < 1.29 is 22.2 Å². The van der Waals surface area contributed by atoms with Gasteiger partial charge in [0.05, 0.1) is 11.4 Å². The second kappa shape index (κ2) is 19.4. The third kappa shape index (κ3) is 16.1. The molecule has 0 radical (unpaired) electrons. The molecule has 0 bridgehead atoms. The number of rotatable bonds is 15. The molecule has 0 amide bonds. The van der Waals surface area contributed by atoms with Crippen molar-refractivity contribution in [3.8, 4) is 9.85 Å². The van der Waals surface area contributed by atoms with Crippen molar-refractivity contribution in [2.75, 3.05) is 26.2 Å². The van der Waals surface area contributed by atoms with Gasteiger partial charge in [0, 0.05) is 22.6 Å². The molecule has 7 heteroatoms. The zero-order valence-corrected chi connectivity index (χ0v) is 26.6. The number of nitrogens with zero attached hydrogens (tertiary/aromatic N) is 1. The number of benzene rings is 1. The molecule has 1 aliphatic rings. The Kier molecular flexibility index (Phi) is 18.0. The first kappa shape index (κ1) is 34.4. The first-order chi connectivity index (χ1) is 17.6. The highest BCUT2D eigenvalue weighted by Crippen LogP contribution is 2.21. The molecule has 5 nitrogen and oxygen atoms in total. The SMILES string of the molecule is CCCCCCCCCCCCCC[N+]1(CC#CI)CC(C)OC(C)C1.Cc1ccc(S(=O)(=O)[O-])cc1. The lowest BCUT2D eigenvalue weighted by Crippen LogP contribution is -2.60. The second-order valence-corrected chi connectivity index (χ2v) is 12.7. The summed E-state index contributed by atoms with van der Waals surface area (Å²) in [6.45, 7) is 13.1. The van der Waals surface area contributed by atoms with E-state index in [2.05, 4.69) is 53.2 Å². The summed E-state index contributed by atoms with van der Waals surface area (Å²) in [5, 5.41) is 0. The van der Waals surface area contributed by atoms with Gasteiger partial charge in [0.15, 0.2) is 0 Å². The van der Waals surface area contributed by atoms with Gasteiger partial charge in [-0.3, -0.25) is 0 Å². The van der Waals surface area contributed by atoms with Gasteiger partial charge < -0.3 is 13.8 Å². The van der Waals surface area contributed by atoms with Crippen molar-refractivity contribution >= 4 is 32.7 Å². The molecule has 37 heavy (non-hydrogen) atoms. The van der Waals surface area contributed by atoms with Gasteiger partial charge in [0.25, 0.3) is 0 Å². The molecule has 1 aromatic rings. The molecule has 0 spiro atoms. The average Bonchev–Trinajstić information content (AvgIpc) is 2.83.